The highest BCUT2D eigenvalue weighted by Crippen LogP contribution is 2.26. The van der Waals surface area contributed by atoms with Crippen molar-refractivity contribution in [3.8, 4) is 0 Å². The van der Waals surface area contributed by atoms with Gasteiger partial charge in [0.05, 0.1) is 10.7 Å². The van der Waals surface area contributed by atoms with Gasteiger partial charge in [0.25, 0.3) is 0 Å². The molecule has 0 radical (unpaired) electrons. The molecular formula is C9H9ClN2O. The van der Waals surface area contributed by atoms with Gasteiger partial charge in [-0.15, -0.1) is 0 Å². The van der Waals surface area contributed by atoms with Crippen molar-refractivity contribution in [2.75, 3.05) is 6.54 Å². The van der Waals surface area contributed by atoms with Crippen LogP contribution in [0.1, 0.15) is 18.0 Å². The molecule has 0 bridgehead atoms. The molecule has 0 saturated carbocycles. The average molecular weight is 197 g/mol. The summed E-state index contributed by atoms with van der Waals surface area (Å²) < 4.78 is 0. The molecular weight excluding hydrogens is 188 g/mol. The number of aromatic nitrogens is 1. The van der Waals surface area contributed by atoms with Gasteiger partial charge in [-0.3, -0.25) is 9.78 Å². The first-order valence-electron chi connectivity index (χ1n) is 4.14. The van der Waals surface area contributed by atoms with Crippen LogP contribution >= 0.6 is 11.6 Å². The van der Waals surface area contributed by atoms with Crippen LogP contribution < -0.4 is 5.32 Å². The number of nitrogens with zero attached hydrogens (tertiary/aromatic N) is 1. The van der Waals surface area contributed by atoms with Gasteiger partial charge >= 0.3 is 0 Å². The zero-order valence-electron chi connectivity index (χ0n) is 6.96. The van der Waals surface area contributed by atoms with Gasteiger partial charge in [-0.05, 0) is 12.1 Å². The number of pyridine rings is 1. The Balaban J connectivity index is 2.26. The van der Waals surface area contributed by atoms with Crippen LogP contribution in [0.5, 0.6) is 0 Å². The van der Waals surface area contributed by atoms with Gasteiger partial charge in [-0.1, -0.05) is 11.6 Å². The largest absolute Gasteiger partial charge is 0.355 e. The molecule has 13 heavy (non-hydrogen) atoms. The highest BCUT2D eigenvalue weighted by Gasteiger charge is 2.25. The maximum atomic E-state index is 11.0. The smallest absolute Gasteiger partial charge is 0.220 e. The molecule has 1 aliphatic heterocycles. The summed E-state index contributed by atoms with van der Waals surface area (Å²) in [5.41, 5.74) is 0.822. The number of hydrogen-bond acceptors (Lipinski definition) is 2. The quantitative estimate of drug-likeness (QED) is 0.737. The molecule has 2 heterocycles. The van der Waals surface area contributed by atoms with Gasteiger partial charge in [-0.2, -0.15) is 0 Å². The molecule has 1 unspecified atom stereocenters. The molecule has 1 atom stereocenters. The van der Waals surface area contributed by atoms with Crippen LogP contribution in [0, 0.1) is 0 Å². The first kappa shape index (κ1) is 8.51. The number of carbonyl (C=O) groups excluding carboxylic acids is 1. The van der Waals surface area contributed by atoms with E-state index in [2.05, 4.69) is 10.3 Å². The van der Waals surface area contributed by atoms with Crippen LogP contribution in [0.25, 0.3) is 0 Å². The van der Waals surface area contributed by atoms with E-state index in [0.29, 0.717) is 18.0 Å². The predicted octanol–water partition coefficient (Wildman–Crippen LogP) is 1.34. The van der Waals surface area contributed by atoms with Crippen molar-refractivity contribution in [2.45, 2.75) is 12.3 Å². The lowest BCUT2D eigenvalue weighted by atomic mass is 10.0. The Morgan fingerprint density at radius 1 is 1.62 bits per heavy atom. The molecule has 3 nitrogen and oxygen atoms in total. The minimum absolute atomic E-state index is 0.0757. The maximum absolute atomic E-state index is 11.0. The molecule has 0 spiro atoms. The molecule has 68 valence electrons. The van der Waals surface area contributed by atoms with Crippen molar-refractivity contribution < 1.29 is 4.79 Å². The third-order valence-corrected chi connectivity index (χ3v) is 2.47. The first-order valence-corrected chi connectivity index (χ1v) is 4.52. The van der Waals surface area contributed by atoms with E-state index >= 15 is 0 Å². The Labute approximate surface area is 81.1 Å². The summed E-state index contributed by atoms with van der Waals surface area (Å²) in [7, 11) is 0. The summed E-state index contributed by atoms with van der Waals surface area (Å²) in [6.45, 7) is 0.648. The topological polar surface area (TPSA) is 42.0 Å². The Hall–Kier alpha value is -1.09. The molecule has 1 aromatic heterocycles. The van der Waals surface area contributed by atoms with Crippen LogP contribution in [0.2, 0.25) is 5.02 Å². The average Bonchev–Trinajstić information content (AvgIpc) is 2.53. The van der Waals surface area contributed by atoms with Crippen molar-refractivity contribution in [3.05, 3.63) is 29.0 Å². The number of nitrogens with one attached hydrogen (secondary N) is 1. The van der Waals surface area contributed by atoms with Crippen LogP contribution in [0.4, 0.5) is 0 Å². The third-order valence-electron chi connectivity index (χ3n) is 2.15. The molecule has 1 fully saturated rings. The second kappa shape index (κ2) is 3.34. The van der Waals surface area contributed by atoms with E-state index in [1.165, 1.54) is 0 Å². The molecule has 4 heteroatoms. The van der Waals surface area contributed by atoms with Crippen LogP contribution in [0.15, 0.2) is 18.3 Å². The first-order chi connectivity index (χ1) is 6.27. The minimum Gasteiger partial charge on any atom is -0.355 e. The Morgan fingerprint density at radius 3 is 3.08 bits per heavy atom. The number of carbonyl (C=O) groups is 1. The van der Waals surface area contributed by atoms with Gasteiger partial charge in [0, 0.05) is 25.1 Å². The summed E-state index contributed by atoms with van der Waals surface area (Å²) in [5.74, 6) is 0.216. The fraction of sp³-hybridized carbons (Fsp3) is 0.333. The molecule has 1 aliphatic rings. The molecule has 1 N–H and O–H groups in total. The zero-order valence-corrected chi connectivity index (χ0v) is 7.71. The highest BCUT2D eigenvalue weighted by molar-refractivity contribution is 6.31. The number of halogens is 1. The molecule has 0 aliphatic carbocycles. The minimum atomic E-state index is 0.0757. The lowest BCUT2D eigenvalue weighted by Gasteiger charge is -2.07. The van der Waals surface area contributed by atoms with Crippen molar-refractivity contribution in [1.29, 1.82) is 0 Å². The zero-order chi connectivity index (χ0) is 9.26. The SMILES string of the molecule is O=C1CC(c2ncccc2Cl)CN1. The molecule has 1 amide bonds. The fourth-order valence-corrected chi connectivity index (χ4v) is 1.77. The van der Waals surface area contributed by atoms with E-state index in [1.54, 1.807) is 18.3 Å². The van der Waals surface area contributed by atoms with Crippen molar-refractivity contribution in [3.63, 3.8) is 0 Å². The van der Waals surface area contributed by atoms with Crippen LogP contribution in [0.3, 0.4) is 0 Å². The molecule has 1 aromatic rings. The molecule has 1 saturated heterocycles. The summed E-state index contributed by atoms with van der Waals surface area (Å²) in [5, 5.41) is 3.40. The van der Waals surface area contributed by atoms with Crippen molar-refractivity contribution in [2.24, 2.45) is 0 Å². The van der Waals surface area contributed by atoms with E-state index in [4.69, 9.17) is 11.6 Å². The van der Waals surface area contributed by atoms with Gasteiger partial charge in [0.2, 0.25) is 5.91 Å². The monoisotopic (exact) mass is 196 g/mol. The normalized spacial score (nSPS) is 21.6. The third kappa shape index (κ3) is 1.65. The van der Waals surface area contributed by atoms with Crippen LogP contribution in [-0.2, 0) is 4.79 Å². The summed E-state index contributed by atoms with van der Waals surface area (Å²) in [4.78, 5) is 15.1. The van der Waals surface area contributed by atoms with Crippen LogP contribution in [-0.4, -0.2) is 17.4 Å². The van der Waals surface area contributed by atoms with Gasteiger partial charge in [0.15, 0.2) is 0 Å². The lowest BCUT2D eigenvalue weighted by molar-refractivity contribution is -0.119. The summed E-state index contributed by atoms with van der Waals surface area (Å²) in [6.07, 6.45) is 2.20. The highest BCUT2D eigenvalue weighted by atomic mass is 35.5. The summed E-state index contributed by atoms with van der Waals surface area (Å²) in [6, 6.07) is 3.59. The van der Waals surface area contributed by atoms with E-state index in [0.717, 1.165) is 5.69 Å². The fourth-order valence-electron chi connectivity index (χ4n) is 1.50. The lowest BCUT2D eigenvalue weighted by Crippen LogP contribution is -2.13. The van der Waals surface area contributed by atoms with Gasteiger partial charge in [0.1, 0.15) is 0 Å². The van der Waals surface area contributed by atoms with Gasteiger partial charge in [-0.25, -0.2) is 0 Å². The number of amides is 1. The Morgan fingerprint density at radius 2 is 2.46 bits per heavy atom. The summed E-state index contributed by atoms with van der Waals surface area (Å²) >= 11 is 5.95. The number of hydrogen-bond donors (Lipinski definition) is 1. The predicted molar refractivity (Wildman–Crippen MR) is 49.6 cm³/mol. The van der Waals surface area contributed by atoms with Gasteiger partial charge < -0.3 is 5.32 Å². The number of rotatable bonds is 1. The standard InChI is InChI=1S/C9H9ClN2O/c10-7-2-1-3-11-9(7)6-4-8(13)12-5-6/h1-3,6H,4-5H2,(H,12,13). The van der Waals surface area contributed by atoms with Crippen molar-refractivity contribution >= 4 is 17.5 Å². The second-order valence-electron chi connectivity index (χ2n) is 3.08. The molecule has 0 aromatic carbocycles. The maximum Gasteiger partial charge on any atom is 0.220 e. The molecule has 2 rings (SSSR count). The van der Waals surface area contributed by atoms with E-state index in [9.17, 15) is 4.79 Å². The van der Waals surface area contributed by atoms with E-state index in [-0.39, 0.29) is 11.8 Å². The van der Waals surface area contributed by atoms with Crippen molar-refractivity contribution in [1.82, 2.24) is 10.3 Å². The van der Waals surface area contributed by atoms with E-state index in [1.807, 2.05) is 0 Å². The van der Waals surface area contributed by atoms with E-state index < -0.39 is 0 Å². The second-order valence-corrected chi connectivity index (χ2v) is 3.48. The Bertz CT molecular complexity index is 340. The Kier molecular flexibility index (Phi) is 2.19.